The second-order valence-corrected chi connectivity index (χ2v) is 4.85. The summed E-state index contributed by atoms with van der Waals surface area (Å²) in [6.07, 6.45) is 4.64. The van der Waals surface area contributed by atoms with Crippen LogP contribution in [-0.4, -0.2) is 21.0 Å². The molecular formula is C14H20FN5O. The van der Waals surface area contributed by atoms with Crippen molar-refractivity contribution in [2.24, 2.45) is 10.7 Å². The van der Waals surface area contributed by atoms with Gasteiger partial charge < -0.3 is 16.2 Å². The molecule has 1 aromatic heterocycles. The van der Waals surface area contributed by atoms with Gasteiger partial charge in [0.05, 0.1) is 11.9 Å². The van der Waals surface area contributed by atoms with Gasteiger partial charge in [-0.25, -0.2) is 14.4 Å². The van der Waals surface area contributed by atoms with E-state index in [1.54, 1.807) is 0 Å². The second-order valence-electron chi connectivity index (χ2n) is 4.85. The van der Waals surface area contributed by atoms with E-state index in [1.165, 1.54) is 23.2 Å². The quantitative estimate of drug-likeness (QED) is 0.643. The van der Waals surface area contributed by atoms with E-state index in [0.29, 0.717) is 12.8 Å². The number of nitrogen functional groups attached to an aromatic ring is 1. The van der Waals surface area contributed by atoms with Crippen molar-refractivity contribution in [3.63, 3.8) is 0 Å². The first-order valence-electron chi connectivity index (χ1n) is 6.81. The normalized spacial score (nSPS) is 21.4. The summed E-state index contributed by atoms with van der Waals surface area (Å²) in [6, 6.07) is 0. The predicted octanol–water partition coefficient (Wildman–Crippen LogP) is 2.26. The van der Waals surface area contributed by atoms with Crippen molar-refractivity contribution in [1.82, 2.24) is 9.55 Å². The average Bonchev–Trinajstić information content (AvgIpc) is 3.00. The van der Waals surface area contributed by atoms with E-state index in [0.717, 1.165) is 0 Å². The first-order valence-corrected chi connectivity index (χ1v) is 6.81. The van der Waals surface area contributed by atoms with Crippen LogP contribution >= 0.6 is 0 Å². The van der Waals surface area contributed by atoms with Crippen LogP contribution in [-0.2, 0) is 4.74 Å². The molecular weight excluding hydrogens is 273 g/mol. The standard InChI is InChI=1S/C14H20FN5O/c1-4-14(5-2)7-9(15)13(21-14)20-8-19-10(12(20)17)11(16)18-6-3/h6-8,13H,3-5,17H2,1-2H3,(H2,16,18). The van der Waals surface area contributed by atoms with Crippen molar-refractivity contribution in [3.05, 3.63) is 36.7 Å². The molecule has 4 N–H and O–H groups in total. The van der Waals surface area contributed by atoms with Crippen molar-refractivity contribution < 1.29 is 9.13 Å². The molecule has 1 aliphatic rings. The van der Waals surface area contributed by atoms with Gasteiger partial charge in [0, 0.05) is 6.20 Å². The molecule has 0 spiro atoms. The summed E-state index contributed by atoms with van der Waals surface area (Å²) in [6.45, 7) is 7.36. The van der Waals surface area contributed by atoms with Gasteiger partial charge in [-0.1, -0.05) is 20.4 Å². The highest BCUT2D eigenvalue weighted by Gasteiger charge is 2.39. The van der Waals surface area contributed by atoms with Gasteiger partial charge in [0.1, 0.15) is 17.3 Å². The number of ether oxygens (including phenoxy) is 1. The molecule has 21 heavy (non-hydrogen) atoms. The first-order chi connectivity index (χ1) is 9.98. The number of rotatable bonds is 5. The maximum absolute atomic E-state index is 14.2. The second kappa shape index (κ2) is 5.69. The van der Waals surface area contributed by atoms with Gasteiger partial charge in [-0.2, -0.15) is 0 Å². The highest BCUT2D eigenvalue weighted by Crippen LogP contribution is 2.41. The Kier molecular flexibility index (Phi) is 4.13. The molecule has 0 radical (unpaired) electrons. The van der Waals surface area contributed by atoms with Crippen LogP contribution in [0.15, 0.2) is 36.0 Å². The van der Waals surface area contributed by atoms with E-state index >= 15 is 0 Å². The molecule has 0 saturated heterocycles. The molecule has 1 aromatic rings. The summed E-state index contributed by atoms with van der Waals surface area (Å²) in [4.78, 5) is 7.90. The summed E-state index contributed by atoms with van der Waals surface area (Å²) >= 11 is 0. The van der Waals surface area contributed by atoms with Crippen molar-refractivity contribution in [2.45, 2.75) is 38.5 Å². The number of halogens is 1. The largest absolute Gasteiger partial charge is 0.383 e. The van der Waals surface area contributed by atoms with Crippen LogP contribution < -0.4 is 11.5 Å². The molecule has 2 heterocycles. The minimum atomic E-state index is -0.914. The molecule has 1 aliphatic heterocycles. The number of anilines is 1. The lowest BCUT2D eigenvalue weighted by atomic mass is 9.98. The Balaban J connectivity index is 2.35. The van der Waals surface area contributed by atoms with Gasteiger partial charge in [0.2, 0.25) is 0 Å². The third-order valence-electron chi connectivity index (χ3n) is 3.74. The molecule has 114 valence electrons. The molecule has 0 aliphatic carbocycles. The topological polar surface area (TPSA) is 91.4 Å². The number of hydrogen-bond donors (Lipinski definition) is 2. The fourth-order valence-corrected chi connectivity index (χ4v) is 2.36. The number of nitrogens with two attached hydrogens (primary N) is 2. The van der Waals surface area contributed by atoms with Crippen molar-refractivity contribution in [3.8, 4) is 0 Å². The van der Waals surface area contributed by atoms with Crippen molar-refractivity contribution >= 4 is 11.7 Å². The van der Waals surface area contributed by atoms with E-state index in [-0.39, 0.29) is 23.2 Å². The van der Waals surface area contributed by atoms with E-state index in [1.807, 2.05) is 13.8 Å². The lowest BCUT2D eigenvalue weighted by Gasteiger charge is -2.26. The van der Waals surface area contributed by atoms with Crippen molar-refractivity contribution in [2.75, 3.05) is 5.73 Å². The summed E-state index contributed by atoms with van der Waals surface area (Å²) in [5.74, 6) is -0.0517. The Morgan fingerprint density at radius 2 is 2.29 bits per heavy atom. The number of imidazole rings is 1. The van der Waals surface area contributed by atoms with Crippen LogP contribution in [0.3, 0.4) is 0 Å². The monoisotopic (exact) mass is 293 g/mol. The summed E-state index contributed by atoms with van der Waals surface area (Å²) in [5.41, 5.74) is 11.4. The zero-order valence-electron chi connectivity index (χ0n) is 12.2. The van der Waals surface area contributed by atoms with Gasteiger partial charge in [-0.15, -0.1) is 0 Å². The third-order valence-corrected chi connectivity index (χ3v) is 3.74. The van der Waals surface area contributed by atoms with E-state index in [9.17, 15) is 4.39 Å². The zero-order chi connectivity index (χ0) is 15.6. The summed E-state index contributed by atoms with van der Waals surface area (Å²) < 4.78 is 21.5. The molecule has 0 aromatic carbocycles. The predicted molar refractivity (Wildman–Crippen MR) is 80.2 cm³/mol. The van der Waals surface area contributed by atoms with Crippen LogP contribution in [0, 0.1) is 0 Å². The molecule has 7 heteroatoms. The van der Waals surface area contributed by atoms with Gasteiger partial charge in [0.15, 0.2) is 12.1 Å². The lowest BCUT2D eigenvalue weighted by molar-refractivity contribution is -0.0676. The molecule has 1 unspecified atom stereocenters. The highest BCUT2D eigenvalue weighted by molar-refractivity contribution is 5.99. The fraction of sp³-hybridized carbons (Fsp3) is 0.429. The third kappa shape index (κ3) is 2.56. The number of hydrogen-bond acceptors (Lipinski definition) is 4. The summed E-state index contributed by atoms with van der Waals surface area (Å²) in [7, 11) is 0. The minimum Gasteiger partial charge on any atom is -0.383 e. The molecule has 6 nitrogen and oxygen atoms in total. The fourth-order valence-electron chi connectivity index (χ4n) is 2.36. The Bertz CT molecular complexity index is 601. The number of aliphatic imine (C=N–C) groups is 1. The SMILES string of the molecule is C=CN=C(N)c1ncn(C2OC(CC)(CC)C=C2F)c1N. The van der Waals surface area contributed by atoms with Gasteiger partial charge in [-0.3, -0.25) is 4.57 Å². The number of aromatic nitrogens is 2. The van der Waals surface area contributed by atoms with Crippen LogP contribution in [0.1, 0.15) is 38.6 Å². The highest BCUT2D eigenvalue weighted by atomic mass is 19.1. The Morgan fingerprint density at radius 3 is 2.81 bits per heavy atom. The molecule has 0 bridgehead atoms. The molecule has 0 fully saturated rings. The molecule has 2 rings (SSSR count). The van der Waals surface area contributed by atoms with Gasteiger partial charge >= 0.3 is 0 Å². The maximum atomic E-state index is 14.2. The first kappa shape index (κ1) is 15.2. The Morgan fingerprint density at radius 1 is 1.62 bits per heavy atom. The lowest BCUT2D eigenvalue weighted by Crippen LogP contribution is -2.27. The van der Waals surface area contributed by atoms with E-state index < -0.39 is 11.8 Å². The smallest absolute Gasteiger partial charge is 0.189 e. The van der Waals surface area contributed by atoms with Crippen LogP contribution in [0.4, 0.5) is 10.2 Å². The zero-order valence-corrected chi connectivity index (χ0v) is 12.2. The molecule has 0 amide bonds. The summed E-state index contributed by atoms with van der Waals surface area (Å²) in [5, 5.41) is 0. The Labute approximate surface area is 123 Å². The average molecular weight is 293 g/mol. The van der Waals surface area contributed by atoms with Crippen LogP contribution in [0.5, 0.6) is 0 Å². The Hall–Kier alpha value is -2.15. The number of nitrogens with zero attached hydrogens (tertiary/aromatic N) is 3. The van der Waals surface area contributed by atoms with Crippen molar-refractivity contribution in [1.29, 1.82) is 0 Å². The van der Waals surface area contributed by atoms with Crippen LogP contribution in [0.25, 0.3) is 0 Å². The molecule has 1 atom stereocenters. The van der Waals surface area contributed by atoms with E-state index in [4.69, 9.17) is 16.2 Å². The van der Waals surface area contributed by atoms with Gasteiger partial charge in [-0.05, 0) is 18.9 Å². The van der Waals surface area contributed by atoms with E-state index in [2.05, 4.69) is 16.6 Å². The van der Waals surface area contributed by atoms with Crippen LogP contribution in [0.2, 0.25) is 0 Å². The molecule has 0 saturated carbocycles. The number of amidine groups is 1. The maximum Gasteiger partial charge on any atom is 0.189 e. The van der Waals surface area contributed by atoms with Gasteiger partial charge in [0.25, 0.3) is 0 Å². The minimum absolute atomic E-state index is 0.126.